The van der Waals surface area contributed by atoms with Crippen LogP contribution in [-0.4, -0.2) is 16.6 Å². The zero-order chi connectivity index (χ0) is 17.1. The predicted molar refractivity (Wildman–Crippen MR) is 99.3 cm³/mol. The molecule has 0 N–H and O–H groups in total. The molecule has 120 valence electrons. The predicted octanol–water partition coefficient (Wildman–Crippen LogP) is 4.95. The number of hydrogen-bond donors (Lipinski definition) is 0. The molecule has 0 saturated carbocycles. The molecule has 3 rings (SSSR count). The van der Waals surface area contributed by atoms with Gasteiger partial charge in [0.15, 0.2) is 5.78 Å². The first kappa shape index (κ1) is 15.9. The molecule has 0 aliphatic carbocycles. The number of Topliss-reactive ketones (excluding diaryl/α,β-unsaturated/α-hetero) is 1. The van der Waals surface area contributed by atoms with Gasteiger partial charge in [-0.05, 0) is 19.4 Å². The highest BCUT2D eigenvalue weighted by atomic mass is 16.1. The lowest BCUT2D eigenvalue weighted by atomic mass is 10.1. The maximum atomic E-state index is 12.2. The quantitative estimate of drug-likeness (QED) is 0.495. The molecule has 0 unspecified atom stereocenters. The van der Waals surface area contributed by atoms with Crippen LogP contribution in [0.5, 0.6) is 0 Å². The zero-order valence-electron chi connectivity index (χ0n) is 14.2. The van der Waals surface area contributed by atoms with Crippen LogP contribution in [0.4, 0.5) is 5.69 Å². The van der Waals surface area contributed by atoms with Gasteiger partial charge < -0.3 is 4.57 Å². The number of nitrogens with zero attached hydrogens (tertiary/aromatic N) is 2. The lowest BCUT2D eigenvalue weighted by molar-refractivity contribution is 0.101. The van der Waals surface area contributed by atoms with E-state index in [9.17, 15) is 4.79 Å². The lowest BCUT2D eigenvalue weighted by Crippen LogP contribution is -1.97. The fourth-order valence-corrected chi connectivity index (χ4v) is 2.94. The van der Waals surface area contributed by atoms with E-state index in [1.807, 2.05) is 85.4 Å². The summed E-state index contributed by atoms with van der Waals surface area (Å²) in [6.45, 7) is 3.56. The van der Waals surface area contributed by atoms with Crippen molar-refractivity contribution in [3.8, 4) is 11.3 Å². The zero-order valence-corrected chi connectivity index (χ0v) is 14.2. The van der Waals surface area contributed by atoms with E-state index in [-0.39, 0.29) is 5.78 Å². The monoisotopic (exact) mass is 316 g/mol. The number of aliphatic imine (C=N–C) groups is 1. The fraction of sp³-hybridized carbons (Fsp3) is 0.143. The Morgan fingerprint density at radius 2 is 1.58 bits per heavy atom. The van der Waals surface area contributed by atoms with Gasteiger partial charge in [0, 0.05) is 24.5 Å². The second-order valence-electron chi connectivity index (χ2n) is 5.81. The molecule has 2 aromatic carbocycles. The van der Waals surface area contributed by atoms with Crippen molar-refractivity contribution in [1.82, 2.24) is 4.57 Å². The second-order valence-corrected chi connectivity index (χ2v) is 5.81. The maximum Gasteiger partial charge on any atom is 0.163 e. The van der Waals surface area contributed by atoms with Gasteiger partial charge in [-0.2, -0.15) is 0 Å². The first-order valence-electron chi connectivity index (χ1n) is 7.94. The van der Waals surface area contributed by atoms with E-state index in [4.69, 9.17) is 0 Å². The Hall–Kier alpha value is -2.94. The van der Waals surface area contributed by atoms with Gasteiger partial charge in [-0.15, -0.1) is 0 Å². The molecule has 0 radical (unpaired) electrons. The summed E-state index contributed by atoms with van der Waals surface area (Å²) in [7, 11) is 1.98. The molecule has 24 heavy (non-hydrogen) atoms. The van der Waals surface area contributed by atoms with E-state index in [1.165, 1.54) is 0 Å². The molecule has 3 heteroatoms. The standard InChI is InChI=1S/C21H20N2O/c1-15-19(16(2)24)20(22-14-17-10-6-4-7-11-17)21(23(15)3)18-12-8-5-9-13-18/h4-14H,1-3H3. The number of ketones is 1. The molecule has 0 fully saturated rings. The van der Waals surface area contributed by atoms with E-state index in [2.05, 4.69) is 4.99 Å². The molecule has 1 heterocycles. The Morgan fingerprint density at radius 1 is 1.00 bits per heavy atom. The molecule has 1 aromatic heterocycles. The fourth-order valence-electron chi connectivity index (χ4n) is 2.94. The minimum Gasteiger partial charge on any atom is -0.345 e. The van der Waals surface area contributed by atoms with Crippen LogP contribution in [0, 0.1) is 6.92 Å². The summed E-state index contributed by atoms with van der Waals surface area (Å²) >= 11 is 0. The number of carbonyl (C=O) groups is 1. The summed E-state index contributed by atoms with van der Waals surface area (Å²) in [6.07, 6.45) is 1.81. The Kier molecular flexibility index (Phi) is 4.43. The third-order valence-electron chi connectivity index (χ3n) is 4.20. The van der Waals surface area contributed by atoms with Crippen molar-refractivity contribution in [2.45, 2.75) is 13.8 Å². The van der Waals surface area contributed by atoms with Crippen LogP contribution in [0.15, 0.2) is 65.7 Å². The third kappa shape index (κ3) is 2.93. The van der Waals surface area contributed by atoms with Crippen LogP contribution in [0.3, 0.4) is 0 Å². The highest BCUT2D eigenvalue weighted by Gasteiger charge is 2.21. The van der Waals surface area contributed by atoms with Crippen molar-refractivity contribution < 1.29 is 4.79 Å². The highest BCUT2D eigenvalue weighted by Crippen LogP contribution is 2.37. The van der Waals surface area contributed by atoms with E-state index in [0.29, 0.717) is 5.56 Å². The van der Waals surface area contributed by atoms with E-state index < -0.39 is 0 Å². The van der Waals surface area contributed by atoms with Crippen molar-refractivity contribution in [2.75, 3.05) is 0 Å². The number of hydrogen-bond acceptors (Lipinski definition) is 2. The molecule has 0 atom stereocenters. The first-order valence-corrected chi connectivity index (χ1v) is 7.94. The van der Waals surface area contributed by atoms with Gasteiger partial charge in [0.25, 0.3) is 0 Å². The first-order chi connectivity index (χ1) is 11.6. The van der Waals surface area contributed by atoms with Crippen LogP contribution in [0.1, 0.15) is 28.5 Å². The Labute approximate surface area is 142 Å². The van der Waals surface area contributed by atoms with Gasteiger partial charge in [0.05, 0.1) is 16.9 Å². The average Bonchev–Trinajstić information content (AvgIpc) is 2.85. The average molecular weight is 316 g/mol. The summed E-state index contributed by atoms with van der Waals surface area (Å²) in [6, 6.07) is 20.0. The van der Waals surface area contributed by atoms with Gasteiger partial charge in [-0.25, -0.2) is 0 Å². The summed E-state index contributed by atoms with van der Waals surface area (Å²) < 4.78 is 2.05. The normalized spacial score (nSPS) is 11.1. The van der Waals surface area contributed by atoms with Crippen LogP contribution in [-0.2, 0) is 7.05 Å². The molecule has 0 bridgehead atoms. The highest BCUT2D eigenvalue weighted by molar-refractivity contribution is 6.04. The van der Waals surface area contributed by atoms with Gasteiger partial charge in [0.2, 0.25) is 0 Å². The Morgan fingerprint density at radius 3 is 2.17 bits per heavy atom. The summed E-state index contributed by atoms with van der Waals surface area (Å²) in [5.41, 5.74) is 5.37. The number of rotatable bonds is 4. The largest absolute Gasteiger partial charge is 0.345 e. The van der Waals surface area contributed by atoms with E-state index in [1.54, 1.807) is 6.92 Å². The summed E-state index contributed by atoms with van der Waals surface area (Å²) in [5.74, 6) is 0.0329. The van der Waals surface area contributed by atoms with Gasteiger partial charge >= 0.3 is 0 Å². The van der Waals surface area contributed by atoms with Crippen LogP contribution >= 0.6 is 0 Å². The van der Waals surface area contributed by atoms with Crippen molar-refractivity contribution >= 4 is 17.7 Å². The van der Waals surface area contributed by atoms with Gasteiger partial charge in [-0.1, -0.05) is 60.7 Å². The molecule has 0 amide bonds. The van der Waals surface area contributed by atoms with Gasteiger partial charge in [0.1, 0.15) is 0 Å². The Balaban J connectivity index is 2.21. The number of benzene rings is 2. The van der Waals surface area contributed by atoms with Crippen molar-refractivity contribution in [1.29, 1.82) is 0 Å². The lowest BCUT2D eigenvalue weighted by Gasteiger charge is -2.06. The van der Waals surface area contributed by atoms with Crippen LogP contribution in [0.2, 0.25) is 0 Å². The summed E-state index contributed by atoms with van der Waals surface area (Å²) in [4.78, 5) is 16.9. The molecule has 0 spiro atoms. The van der Waals surface area contributed by atoms with E-state index in [0.717, 1.165) is 28.2 Å². The SMILES string of the molecule is CC(=O)c1c(N=Cc2ccccc2)c(-c2ccccc2)n(C)c1C. The number of aromatic nitrogens is 1. The second kappa shape index (κ2) is 6.67. The van der Waals surface area contributed by atoms with Crippen molar-refractivity contribution in [2.24, 2.45) is 12.0 Å². The summed E-state index contributed by atoms with van der Waals surface area (Å²) in [5, 5.41) is 0. The number of carbonyl (C=O) groups excluding carboxylic acids is 1. The molecule has 3 nitrogen and oxygen atoms in total. The Bertz CT molecular complexity index is 891. The maximum absolute atomic E-state index is 12.2. The molecule has 3 aromatic rings. The van der Waals surface area contributed by atoms with E-state index >= 15 is 0 Å². The molecular formula is C21H20N2O. The molecule has 0 aliphatic heterocycles. The van der Waals surface area contributed by atoms with Crippen LogP contribution in [0.25, 0.3) is 11.3 Å². The third-order valence-corrected chi connectivity index (χ3v) is 4.20. The van der Waals surface area contributed by atoms with Crippen LogP contribution < -0.4 is 0 Å². The molecule has 0 saturated heterocycles. The van der Waals surface area contributed by atoms with Crippen molar-refractivity contribution in [3.63, 3.8) is 0 Å². The smallest absolute Gasteiger partial charge is 0.163 e. The van der Waals surface area contributed by atoms with Gasteiger partial charge in [-0.3, -0.25) is 9.79 Å². The minimum atomic E-state index is 0.0329. The molecular weight excluding hydrogens is 296 g/mol. The topological polar surface area (TPSA) is 34.4 Å². The van der Waals surface area contributed by atoms with Crippen molar-refractivity contribution in [3.05, 3.63) is 77.5 Å². The molecule has 0 aliphatic rings. The minimum absolute atomic E-state index is 0.0329.